The molecule has 0 radical (unpaired) electrons. The summed E-state index contributed by atoms with van der Waals surface area (Å²) in [6, 6.07) is 12.3. The fourth-order valence-electron chi connectivity index (χ4n) is 4.84. The molecule has 2 aromatic carbocycles. The molecule has 1 aliphatic rings. The number of thiazole rings is 1. The second-order valence-electron chi connectivity index (χ2n) is 11.1. The van der Waals surface area contributed by atoms with E-state index in [0.29, 0.717) is 30.0 Å². The van der Waals surface area contributed by atoms with E-state index in [2.05, 4.69) is 9.97 Å². The smallest absolute Gasteiger partial charge is 0.410 e. The summed E-state index contributed by atoms with van der Waals surface area (Å²) in [5, 5.41) is 0.999. The number of ketones is 1. The molecule has 1 saturated heterocycles. The summed E-state index contributed by atoms with van der Waals surface area (Å²) in [6.45, 7) is 6.64. The first-order valence-electron chi connectivity index (χ1n) is 13.5. The van der Waals surface area contributed by atoms with E-state index in [0.717, 1.165) is 40.4 Å². The molecule has 0 aliphatic carbocycles. The van der Waals surface area contributed by atoms with Crippen LogP contribution in [0.25, 0.3) is 21.8 Å². The molecule has 5 rings (SSSR count). The van der Waals surface area contributed by atoms with Gasteiger partial charge in [0.15, 0.2) is 5.78 Å². The number of ether oxygens (including phenoxy) is 1. The van der Waals surface area contributed by atoms with Crippen molar-refractivity contribution in [3.8, 4) is 21.8 Å². The molecule has 7 nitrogen and oxygen atoms in total. The minimum Gasteiger partial charge on any atom is -0.444 e. The topological polar surface area (TPSA) is 85.3 Å². The first-order chi connectivity index (χ1) is 20.0. The molecule has 1 amide bonds. The third kappa shape index (κ3) is 6.82. The number of aromatic nitrogens is 3. The summed E-state index contributed by atoms with van der Waals surface area (Å²) < 4.78 is 34.0. The van der Waals surface area contributed by atoms with Gasteiger partial charge in [-0.25, -0.2) is 28.5 Å². The average Bonchev–Trinajstić information content (AvgIpc) is 3.38. The lowest BCUT2D eigenvalue weighted by molar-refractivity contribution is 0.0204. The van der Waals surface area contributed by atoms with Crippen molar-refractivity contribution in [3.05, 3.63) is 87.8 Å². The Balaban J connectivity index is 1.43. The summed E-state index contributed by atoms with van der Waals surface area (Å²) >= 11 is 7.62. The van der Waals surface area contributed by atoms with Crippen molar-refractivity contribution in [1.29, 1.82) is 0 Å². The number of nitrogens with zero attached hydrogens (tertiary/aromatic N) is 4. The van der Waals surface area contributed by atoms with E-state index in [1.165, 1.54) is 17.4 Å². The predicted molar refractivity (Wildman–Crippen MR) is 158 cm³/mol. The maximum Gasteiger partial charge on any atom is 0.410 e. The lowest BCUT2D eigenvalue weighted by Gasteiger charge is -2.32. The molecular formula is C31H29ClF2N4O3S. The Morgan fingerprint density at radius 1 is 1.05 bits per heavy atom. The molecule has 4 aromatic rings. The van der Waals surface area contributed by atoms with Gasteiger partial charge in [0, 0.05) is 37.2 Å². The van der Waals surface area contributed by atoms with Crippen LogP contribution in [0.15, 0.2) is 54.7 Å². The third-order valence-corrected chi connectivity index (χ3v) is 8.23. The van der Waals surface area contributed by atoms with Gasteiger partial charge in [-0.15, -0.1) is 11.3 Å². The van der Waals surface area contributed by atoms with E-state index in [1.54, 1.807) is 35.4 Å². The van der Waals surface area contributed by atoms with E-state index in [-0.39, 0.29) is 23.7 Å². The molecule has 0 bridgehead atoms. The highest BCUT2D eigenvalue weighted by atomic mass is 35.5. The maximum atomic E-state index is 14.2. The van der Waals surface area contributed by atoms with Crippen LogP contribution in [-0.4, -0.2) is 50.4 Å². The number of benzene rings is 2. The van der Waals surface area contributed by atoms with Gasteiger partial charge in [-0.05, 0) is 75.0 Å². The molecule has 42 heavy (non-hydrogen) atoms. The van der Waals surface area contributed by atoms with Gasteiger partial charge in [-0.3, -0.25) is 4.79 Å². The molecule has 0 unspecified atom stereocenters. The van der Waals surface area contributed by atoms with Gasteiger partial charge in [0.25, 0.3) is 0 Å². The third-order valence-electron chi connectivity index (χ3n) is 6.81. The highest BCUT2D eigenvalue weighted by molar-refractivity contribution is 7.15. The van der Waals surface area contributed by atoms with Crippen molar-refractivity contribution in [1.82, 2.24) is 19.9 Å². The molecule has 0 spiro atoms. The molecule has 0 atom stereocenters. The minimum atomic E-state index is -0.888. The van der Waals surface area contributed by atoms with E-state index in [4.69, 9.17) is 21.3 Å². The van der Waals surface area contributed by atoms with Gasteiger partial charge in [-0.1, -0.05) is 24.3 Å². The molecular weight excluding hydrogens is 582 g/mol. The number of carbonyl (C=O) groups is 2. The second kappa shape index (κ2) is 12.2. The Morgan fingerprint density at radius 3 is 2.40 bits per heavy atom. The van der Waals surface area contributed by atoms with Gasteiger partial charge < -0.3 is 9.64 Å². The average molecular weight is 611 g/mol. The quantitative estimate of drug-likeness (QED) is 0.164. The number of likely N-dealkylation sites (tertiary alicyclic amines) is 1. The van der Waals surface area contributed by atoms with Crippen LogP contribution in [0.3, 0.4) is 0 Å². The van der Waals surface area contributed by atoms with Gasteiger partial charge in [0.05, 0.1) is 26.8 Å². The number of carbonyl (C=O) groups excluding carboxylic acids is 2. The molecule has 218 valence electrons. The lowest BCUT2D eigenvalue weighted by Crippen LogP contribution is -2.41. The number of hydrogen-bond donors (Lipinski definition) is 0. The Kier molecular flexibility index (Phi) is 8.65. The highest BCUT2D eigenvalue weighted by Gasteiger charge is 2.30. The van der Waals surface area contributed by atoms with Gasteiger partial charge in [0.2, 0.25) is 5.28 Å². The van der Waals surface area contributed by atoms with Gasteiger partial charge in [-0.2, -0.15) is 0 Å². The lowest BCUT2D eigenvalue weighted by atomic mass is 9.97. The van der Waals surface area contributed by atoms with Gasteiger partial charge >= 0.3 is 6.09 Å². The summed E-state index contributed by atoms with van der Waals surface area (Å²) in [6.07, 6.45) is 2.52. The number of hydrogen-bond acceptors (Lipinski definition) is 7. The monoisotopic (exact) mass is 610 g/mol. The van der Waals surface area contributed by atoms with Crippen LogP contribution in [0.2, 0.25) is 5.28 Å². The van der Waals surface area contributed by atoms with E-state index in [1.807, 2.05) is 26.8 Å². The highest BCUT2D eigenvalue weighted by Crippen LogP contribution is 2.41. The molecule has 3 heterocycles. The molecule has 1 aliphatic heterocycles. The number of amides is 1. The Bertz CT molecular complexity index is 1610. The zero-order valence-electron chi connectivity index (χ0n) is 23.4. The van der Waals surface area contributed by atoms with Gasteiger partial charge in [0.1, 0.15) is 17.2 Å². The van der Waals surface area contributed by atoms with Crippen molar-refractivity contribution in [2.75, 3.05) is 13.1 Å². The van der Waals surface area contributed by atoms with Crippen LogP contribution in [0.1, 0.15) is 60.5 Å². The summed E-state index contributed by atoms with van der Waals surface area (Å²) in [5.74, 6) is -2.31. The van der Waals surface area contributed by atoms with Crippen LogP contribution in [0, 0.1) is 11.6 Å². The van der Waals surface area contributed by atoms with Crippen LogP contribution in [0.5, 0.6) is 0 Å². The summed E-state index contributed by atoms with van der Waals surface area (Å²) in [7, 11) is 0. The Hall–Kier alpha value is -3.76. The first-order valence-corrected chi connectivity index (χ1v) is 14.7. The molecule has 2 aromatic heterocycles. The van der Waals surface area contributed by atoms with Crippen molar-refractivity contribution in [2.45, 2.75) is 51.6 Å². The SMILES string of the molecule is CC(C)(C)OC(=O)N1CCC(c2nc(-c3cccc(CC(=O)c4c(F)cccc4F)c3)c(-c3ccnc(Cl)n3)s2)CC1. The fraction of sp³-hybridized carbons (Fsp3) is 0.323. The Morgan fingerprint density at radius 2 is 1.74 bits per heavy atom. The van der Waals surface area contributed by atoms with Crippen molar-refractivity contribution >= 4 is 34.8 Å². The number of piperidine rings is 1. The predicted octanol–water partition coefficient (Wildman–Crippen LogP) is 7.74. The van der Waals surface area contributed by atoms with E-state index < -0.39 is 28.6 Å². The minimum absolute atomic E-state index is 0.102. The van der Waals surface area contributed by atoms with Crippen molar-refractivity contribution < 1.29 is 23.1 Å². The zero-order chi connectivity index (χ0) is 30.0. The Labute approximate surface area is 251 Å². The van der Waals surface area contributed by atoms with Crippen molar-refractivity contribution in [3.63, 3.8) is 0 Å². The molecule has 0 saturated carbocycles. The summed E-state index contributed by atoms with van der Waals surface area (Å²) in [4.78, 5) is 41.3. The van der Waals surface area contributed by atoms with Crippen LogP contribution >= 0.6 is 22.9 Å². The van der Waals surface area contributed by atoms with Crippen molar-refractivity contribution in [2.24, 2.45) is 0 Å². The number of Topliss-reactive ketones (excluding diaryl/α,β-unsaturated/α-hetero) is 1. The number of rotatable bonds is 6. The van der Waals surface area contributed by atoms with Crippen LogP contribution < -0.4 is 0 Å². The molecule has 1 fully saturated rings. The zero-order valence-corrected chi connectivity index (χ0v) is 24.9. The van der Waals surface area contributed by atoms with E-state index in [9.17, 15) is 18.4 Å². The second-order valence-corrected chi connectivity index (χ2v) is 12.4. The molecule has 0 N–H and O–H groups in total. The standard InChI is InChI=1S/C31H29ClF2N4O3S/c1-31(2,3)41-30(40)38-14-11-19(12-15-38)28-37-26(27(42-28)23-10-13-35-29(32)36-23)20-7-4-6-18(16-20)17-24(39)25-21(33)8-5-9-22(25)34/h4-10,13,16,19H,11-12,14-15,17H2,1-3H3. The van der Waals surface area contributed by atoms with Crippen LogP contribution in [0.4, 0.5) is 13.6 Å². The summed E-state index contributed by atoms with van der Waals surface area (Å²) in [5.41, 5.74) is 1.47. The maximum absolute atomic E-state index is 14.2. The van der Waals surface area contributed by atoms with E-state index >= 15 is 0 Å². The first kappa shape index (κ1) is 29.7. The fourth-order valence-corrected chi connectivity index (χ4v) is 6.22. The molecule has 11 heteroatoms. The number of halogens is 3. The largest absolute Gasteiger partial charge is 0.444 e. The van der Waals surface area contributed by atoms with Crippen LogP contribution in [-0.2, 0) is 11.2 Å². The normalized spacial score (nSPS) is 14.2.